The van der Waals surface area contributed by atoms with Crippen LogP contribution in [0.5, 0.6) is 5.75 Å². The van der Waals surface area contributed by atoms with E-state index in [0.717, 1.165) is 5.56 Å². The Bertz CT molecular complexity index is 773. The molecule has 6 nitrogen and oxygen atoms in total. The fourth-order valence-electron chi connectivity index (χ4n) is 2.33. The van der Waals surface area contributed by atoms with Crippen LogP contribution in [0, 0.1) is 5.82 Å². The van der Waals surface area contributed by atoms with Crippen molar-refractivity contribution in [3.63, 3.8) is 0 Å². The van der Waals surface area contributed by atoms with E-state index in [-0.39, 0.29) is 24.9 Å². The lowest BCUT2D eigenvalue weighted by Crippen LogP contribution is -2.41. The molecule has 2 rings (SSSR count). The molecule has 2 aromatic rings. The number of benzene rings is 2. The average molecular weight is 388 g/mol. The van der Waals surface area contributed by atoms with Gasteiger partial charge in [-0.05, 0) is 50.6 Å². The van der Waals surface area contributed by atoms with Crippen LogP contribution >= 0.6 is 0 Å². The SMILES string of the molecule is CC(C)(C)OC(=O)NC(CNC(=O)COc1ccc(F)cc1)c1ccccc1. The fraction of sp³-hybridized carbons (Fsp3) is 0.333. The Kier molecular flexibility index (Phi) is 7.37. The maximum absolute atomic E-state index is 12.9. The molecular weight excluding hydrogens is 363 g/mol. The van der Waals surface area contributed by atoms with Crippen molar-refractivity contribution in [2.24, 2.45) is 0 Å². The standard InChI is InChI=1S/C21H25FN2O4/c1-21(2,3)28-20(26)24-18(15-7-5-4-6-8-15)13-23-19(25)14-27-17-11-9-16(22)10-12-17/h4-12,18H,13-14H2,1-3H3,(H,23,25)(H,24,26). The molecule has 0 aliphatic rings. The number of hydrogen-bond acceptors (Lipinski definition) is 4. The number of alkyl carbamates (subject to hydrolysis) is 1. The van der Waals surface area contributed by atoms with Crippen molar-refractivity contribution in [3.05, 3.63) is 66.0 Å². The first-order valence-corrected chi connectivity index (χ1v) is 8.92. The Labute approximate surface area is 164 Å². The van der Waals surface area contributed by atoms with E-state index in [1.165, 1.54) is 24.3 Å². The van der Waals surface area contributed by atoms with Gasteiger partial charge in [0.2, 0.25) is 0 Å². The lowest BCUT2D eigenvalue weighted by molar-refractivity contribution is -0.123. The molecule has 0 saturated carbocycles. The first-order chi connectivity index (χ1) is 13.2. The summed E-state index contributed by atoms with van der Waals surface area (Å²) in [5, 5.41) is 5.49. The molecule has 0 saturated heterocycles. The molecule has 0 aromatic heterocycles. The van der Waals surface area contributed by atoms with Crippen LogP contribution in [0.2, 0.25) is 0 Å². The van der Waals surface area contributed by atoms with Gasteiger partial charge in [0.25, 0.3) is 5.91 Å². The van der Waals surface area contributed by atoms with Gasteiger partial charge in [-0.3, -0.25) is 4.79 Å². The molecule has 0 aliphatic heterocycles. The quantitative estimate of drug-likeness (QED) is 0.760. The largest absolute Gasteiger partial charge is 0.484 e. The van der Waals surface area contributed by atoms with Crippen molar-refractivity contribution in [3.8, 4) is 5.75 Å². The van der Waals surface area contributed by atoms with Crippen LogP contribution in [0.15, 0.2) is 54.6 Å². The molecular formula is C21H25FN2O4. The minimum Gasteiger partial charge on any atom is -0.484 e. The van der Waals surface area contributed by atoms with Crippen LogP contribution in [0.25, 0.3) is 0 Å². The number of halogens is 1. The number of ether oxygens (including phenoxy) is 2. The lowest BCUT2D eigenvalue weighted by atomic mass is 10.1. The zero-order valence-electron chi connectivity index (χ0n) is 16.2. The van der Waals surface area contributed by atoms with Crippen LogP contribution in [0.1, 0.15) is 32.4 Å². The topological polar surface area (TPSA) is 76.7 Å². The second kappa shape index (κ2) is 9.73. The second-order valence-corrected chi connectivity index (χ2v) is 7.16. The highest BCUT2D eigenvalue weighted by Crippen LogP contribution is 2.14. The second-order valence-electron chi connectivity index (χ2n) is 7.16. The molecule has 0 heterocycles. The summed E-state index contributed by atoms with van der Waals surface area (Å²) in [5.41, 5.74) is 0.200. The third-order valence-corrected chi connectivity index (χ3v) is 3.58. The van der Waals surface area contributed by atoms with E-state index in [4.69, 9.17) is 9.47 Å². The summed E-state index contributed by atoms with van der Waals surface area (Å²) in [5.74, 6) is -0.352. The summed E-state index contributed by atoms with van der Waals surface area (Å²) >= 11 is 0. The van der Waals surface area contributed by atoms with Crippen molar-refractivity contribution >= 4 is 12.0 Å². The van der Waals surface area contributed by atoms with Crippen LogP contribution < -0.4 is 15.4 Å². The monoisotopic (exact) mass is 388 g/mol. The van der Waals surface area contributed by atoms with Gasteiger partial charge in [0, 0.05) is 6.54 Å². The van der Waals surface area contributed by atoms with Crippen LogP contribution in [0.4, 0.5) is 9.18 Å². The van der Waals surface area contributed by atoms with E-state index in [1.54, 1.807) is 20.8 Å². The number of nitrogens with one attached hydrogen (secondary N) is 2. The molecule has 2 amide bonds. The van der Waals surface area contributed by atoms with Gasteiger partial charge >= 0.3 is 6.09 Å². The molecule has 0 aliphatic carbocycles. The first kappa shape index (κ1) is 21.2. The van der Waals surface area contributed by atoms with Gasteiger partial charge < -0.3 is 20.1 Å². The van der Waals surface area contributed by atoms with Gasteiger partial charge in [-0.25, -0.2) is 9.18 Å². The summed E-state index contributed by atoms with van der Waals surface area (Å²) in [6.45, 7) is 5.27. The molecule has 28 heavy (non-hydrogen) atoms. The summed E-state index contributed by atoms with van der Waals surface area (Å²) in [7, 11) is 0. The van der Waals surface area contributed by atoms with Gasteiger partial charge in [0.05, 0.1) is 6.04 Å². The average Bonchev–Trinajstić information content (AvgIpc) is 2.64. The maximum atomic E-state index is 12.9. The molecule has 1 unspecified atom stereocenters. The zero-order valence-corrected chi connectivity index (χ0v) is 16.2. The van der Waals surface area contributed by atoms with Gasteiger partial charge in [-0.15, -0.1) is 0 Å². The third kappa shape index (κ3) is 7.65. The Balaban J connectivity index is 1.91. The summed E-state index contributed by atoms with van der Waals surface area (Å²) in [6, 6.07) is 14.2. The summed E-state index contributed by atoms with van der Waals surface area (Å²) in [6.07, 6.45) is -0.571. The van der Waals surface area contributed by atoms with Crippen molar-refractivity contribution in [1.29, 1.82) is 0 Å². The van der Waals surface area contributed by atoms with E-state index < -0.39 is 17.7 Å². The summed E-state index contributed by atoms with van der Waals surface area (Å²) < 4.78 is 23.5. The van der Waals surface area contributed by atoms with Crippen molar-refractivity contribution in [2.75, 3.05) is 13.2 Å². The number of carbonyl (C=O) groups excluding carboxylic acids is 2. The van der Waals surface area contributed by atoms with Gasteiger partial charge in [0.1, 0.15) is 17.2 Å². The third-order valence-electron chi connectivity index (χ3n) is 3.58. The number of carbonyl (C=O) groups is 2. The Hall–Kier alpha value is -3.09. The molecule has 0 fully saturated rings. The number of rotatable bonds is 7. The predicted octanol–water partition coefficient (Wildman–Crippen LogP) is 3.59. The van der Waals surface area contributed by atoms with Crippen LogP contribution in [-0.2, 0) is 9.53 Å². The van der Waals surface area contributed by atoms with E-state index >= 15 is 0 Å². The highest BCUT2D eigenvalue weighted by Gasteiger charge is 2.21. The lowest BCUT2D eigenvalue weighted by Gasteiger charge is -2.24. The zero-order chi connectivity index (χ0) is 20.6. The molecule has 0 radical (unpaired) electrons. The Morgan fingerprint density at radius 1 is 1.04 bits per heavy atom. The normalized spacial score (nSPS) is 12.0. The minimum atomic E-state index is -0.627. The smallest absolute Gasteiger partial charge is 0.408 e. The first-order valence-electron chi connectivity index (χ1n) is 8.92. The fourth-order valence-corrected chi connectivity index (χ4v) is 2.33. The van der Waals surface area contributed by atoms with E-state index in [0.29, 0.717) is 5.75 Å². The number of amides is 2. The minimum absolute atomic E-state index is 0.162. The molecule has 1 atom stereocenters. The van der Waals surface area contributed by atoms with E-state index in [2.05, 4.69) is 10.6 Å². The maximum Gasteiger partial charge on any atom is 0.408 e. The Morgan fingerprint density at radius 2 is 1.68 bits per heavy atom. The Morgan fingerprint density at radius 3 is 2.29 bits per heavy atom. The van der Waals surface area contributed by atoms with Crippen LogP contribution in [0.3, 0.4) is 0 Å². The van der Waals surface area contributed by atoms with Gasteiger partial charge in [-0.2, -0.15) is 0 Å². The van der Waals surface area contributed by atoms with Crippen molar-refractivity contribution in [1.82, 2.24) is 10.6 Å². The molecule has 2 aromatic carbocycles. The number of hydrogen-bond donors (Lipinski definition) is 2. The van der Waals surface area contributed by atoms with Gasteiger partial charge in [-0.1, -0.05) is 30.3 Å². The van der Waals surface area contributed by atoms with Crippen molar-refractivity contribution in [2.45, 2.75) is 32.4 Å². The predicted molar refractivity (Wildman–Crippen MR) is 103 cm³/mol. The van der Waals surface area contributed by atoms with Crippen molar-refractivity contribution < 1.29 is 23.5 Å². The molecule has 7 heteroatoms. The highest BCUT2D eigenvalue weighted by molar-refractivity contribution is 5.77. The molecule has 150 valence electrons. The van der Waals surface area contributed by atoms with E-state index in [1.807, 2.05) is 30.3 Å². The molecule has 0 bridgehead atoms. The molecule has 0 spiro atoms. The van der Waals surface area contributed by atoms with Gasteiger partial charge in [0.15, 0.2) is 6.61 Å². The van der Waals surface area contributed by atoms with E-state index in [9.17, 15) is 14.0 Å². The van der Waals surface area contributed by atoms with Crippen LogP contribution in [-0.4, -0.2) is 30.8 Å². The molecule has 2 N–H and O–H groups in total. The summed E-state index contributed by atoms with van der Waals surface area (Å²) in [4.78, 5) is 24.2. The highest BCUT2D eigenvalue weighted by atomic mass is 19.1.